The third-order valence-electron chi connectivity index (χ3n) is 2.40. The number of carbonyl (C=O) groups is 1. The fourth-order valence-corrected chi connectivity index (χ4v) is 1.76. The summed E-state index contributed by atoms with van der Waals surface area (Å²) >= 11 is 5.80. The molecule has 2 aromatic carbocycles. The van der Waals surface area contributed by atoms with Gasteiger partial charge >= 0.3 is 0 Å². The number of hydrogen-bond donors (Lipinski definition) is 2. The number of benzene rings is 2. The number of carbonyl (C=O) groups excluding carboxylic acids is 1. The molecule has 0 aliphatic heterocycles. The molecule has 0 heterocycles. The van der Waals surface area contributed by atoms with Crippen molar-refractivity contribution in [1.82, 2.24) is 0 Å². The van der Waals surface area contributed by atoms with Crippen LogP contribution in [0.15, 0.2) is 42.5 Å². The molecular weight excluding hydrogens is 255 g/mol. The third-order valence-corrected chi connectivity index (χ3v) is 2.71. The van der Waals surface area contributed by atoms with Crippen LogP contribution in [0, 0.1) is 5.82 Å². The van der Waals surface area contributed by atoms with Gasteiger partial charge in [0.15, 0.2) is 0 Å². The molecule has 0 unspecified atom stereocenters. The zero-order chi connectivity index (χ0) is 13.1. The van der Waals surface area contributed by atoms with Gasteiger partial charge in [-0.2, -0.15) is 0 Å². The molecule has 2 rings (SSSR count). The molecule has 3 N–H and O–H groups in total. The predicted octanol–water partition coefficient (Wildman–Crippen LogP) is 3.31. The van der Waals surface area contributed by atoms with E-state index in [0.29, 0.717) is 11.4 Å². The Hall–Kier alpha value is -2.07. The fourth-order valence-electron chi connectivity index (χ4n) is 1.51. The highest BCUT2D eigenvalue weighted by Gasteiger charge is 2.16. The Bertz CT molecular complexity index is 581. The van der Waals surface area contributed by atoms with Crippen LogP contribution < -0.4 is 11.1 Å². The lowest BCUT2D eigenvalue weighted by atomic mass is 10.2. The standard InChI is InChI=1S/C13H10ClFN2O/c14-8-4-3-5-9(15)12(8)13(18)17-11-7-2-1-6-10(11)16/h1-7H,16H2,(H,17,18). The third kappa shape index (κ3) is 2.43. The summed E-state index contributed by atoms with van der Waals surface area (Å²) in [4.78, 5) is 11.9. The molecule has 0 saturated heterocycles. The van der Waals surface area contributed by atoms with E-state index in [2.05, 4.69) is 5.32 Å². The molecule has 0 saturated carbocycles. The van der Waals surface area contributed by atoms with Gasteiger partial charge in [0.1, 0.15) is 5.82 Å². The minimum atomic E-state index is -0.672. The number of nitrogens with two attached hydrogens (primary N) is 1. The molecule has 0 fully saturated rings. The zero-order valence-electron chi connectivity index (χ0n) is 9.28. The second kappa shape index (κ2) is 5.06. The van der Waals surface area contributed by atoms with Gasteiger partial charge in [0.25, 0.3) is 5.91 Å². The van der Waals surface area contributed by atoms with Crippen molar-refractivity contribution in [2.45, 2.75) is 0 Å². The van der Waals surface area contributed by atoms with E-state index in [0.717, 1.165) is 0 Å². The molecule has 0 atom stereocenters. The average molecular weight is 265 g/mol. The highest BCUT2D eigenvalue weighted by Crippen LogP contribution is 2.22. The van der Waals surface area contributed by atoms with Gasteiger partial charge < -0.3 is 11.1 Å². The van der Waals surface area contributed by atoms with E-state index in [1.165, 1.54) is 18.2 Å². The number of nitrogen functional groups attached to an aromatic ring is 1. The molecule has 0 spiro atoms. The van der Waals surface area contributed by atoms with Crippen LogP contribution in [-0.4, -0.2) is 5.91 Å². The second-order valence-corrected chi connectivity index (χ2v) is 4.05. The summed E-state index contributed by atoms with van der Waals surface area (Å²) in [6.07, 6.45) is 0. The van der Waals surface area contributed by atoms with E-state index in [-0.39, 0.29) is 10.6 Å². The molecule has 0 aromatic heterocycles. The Labute approximate surface area is 108 Å². The highest BCUT2D eigenvalue weighted by atomic mass is 35.5. The van der Waals surface area contributed by atoms with Crippen molar-refractivity contribution in [3.05, 3.63) is 58.9 Å². The van der Waals surface area contributed by atoms with Crippen molar-refractivity contribution < 1.29 is 9.18 Å². The topological polar surface area (TPSA) is 55.1 Å². The van der Waals surface area contributed by atoms with Gasteiger partial charge in [0.2, 0.25) is 0 Å². The number of rotatable bonds is 2. The smallest absolute Gasteiger partial charge is 0.260 e. The van der Waals surface area contributed by atoms with Gasteiger partial charge in [-0.05, 0) is 24.3 Å². The zero-order valence-corrected chi connectivity index (χ0v) is 10.0. The summed E-state index contributed by atoms with van der Waals surface area (Å²) in [5.74, 6) is -1.30. The SMILES string of the molecule is Nc1ccccc1NC(=O)c1c(F)cccc1Cl. The minimum Gasteiger partial charge on any atom is -0.397 e. The Kier molecular flexibility index (Phi) is 3.48. The monoisotopic (exact) mass is 264 g/mol. The average Bonchev–Trinajstić information content (AvgIpc) is 2.32. The number of halogens is 2. The van der Waals surface area contributed by atoms with Gasteiger partial charge in [-0.3, -0.25) is 4.79 Å². The molecule has 3 nitrogen and oxygen atoms in total. The molecular formula is C13H10ClFN2O. The molecule has 2 aromatic rings. The van der Waals surface area contributed by atoms with E-state index in [1.54, 1.807) is 24.3 Å². The van der Waals surface area contributed by atoms with Gasteiger partial charge in [-0.1, -0.05) is 29.8 Å². The molecule has 0 aliphatic carbocycles. The van der Waals surface area contributed by atoms with Gasteiger partial charge in [-0.15, -0.1) is 0 Å². The van der Waals surface area contributed by atoms with Crippen LogP contribution >= 0.6 is 11.6 Å². The van der Waals surface area contributed by atoms with Crippen LogP contribution in [-0.2, 0) is 0 Å². The predicted molar refractivity (Wildman–Crippen MR) is 70.2 cm³/mol. The lowest BCUT2D eigenvalue weighted by molar-refractivity contribution is 0.102. The lowest BCUT2D eigenvalue weighted by Crippen LogP contribution is -2.15. The largest absolute Gasteiger partial charge is 0.397 e. The number of anilines is 2. The quantitative estimate of drug-likeness (QED) is 0.818. The van der Waals surface area contributed by atoms with Crippen molar-refractivity contribution in [2.24, 2.45) is 0 Å². The molecule has 1 amide bonds. The van der Waals surface area contributed by atoms with Crippen LogP contribution in [0.5, 0.6) is 0 Å². The molecule has 0 radical (unpaired) electrons. The molecule has 18 heavy (non-hydrogen) atoms. The van der Waals surface area contributed by atoms with E-state index < -0.39 is 11.7 Å². The maximum atomic E-state index is 13.5. The van der Waals surface area contributed by atoms with Crippen molar-refractivity contribution in [3.63, 3.8) is 0 Å². The first-order valence-corrected chi connectivity index (χ1v) is 5.57. The van der Waals surface area contributed by atoms with Crippen LogP contribution in [0.1, 0.15) is 10.4 Å². The minimum absolute atomic E-state index is 0.0574. The maximum Gasteiger partial charge on any atom is 0.260 e. The van der Waals surface area contributed by atoms with Crippen molar-refractivity contribution in [1.29, 1.82) is 0 Å². The Balaban J connectivity index is 2.31. The van der Waals surface area contributed by atoms with Crippen molar-refractivity contribution in [3.8, 4) is 0 Å². The van der Waals surface area contributed by atoms with Crippen molar-refractivity contribution >= 4 is 28.9 Å². The summed E-state index contributed by atoms with van der Waals surface area (Å²) in [5, 5.41) is 2.58. The summed E-state index contributed by atoms with van der Waals surface area (Å²) in [7, 11) is 0. The normalized spacial score (nSPS) is 10.1. The maximum absolute atomic E-state index is 13.5. The number of hydrogen-bond acceptors (Lipinski definition) is 2. The van der Waals surface area contributed by atoms with Crippen LogP contribution in [0.3, 0.4) is 0 Å². The van der Waals surface area contributed by atoms with Gasteiger partial charge in [0, 0.05) is 0 Å². The second-order valence-electron chi connectivity index (χ2n) is 3.64. The number of para-hydroxylation sites is 2. The number of amides is 1. The molecule has 92 valence electrons. The highest BCUT2D eigenvalue weighted by molar-refractivity contribution is 6.34. The summed E-state index contributed by atoms with van der Waals surface area (Å²) < 4.78 is 13.5. The fraction of sp³-hybridized carbons (Fsp3) is 0. The summed E-state index contributed by atoms with van der Waals surface area (Å²) in [6.45, 7) is 0. The summed E-state index contributed by atoms with van der Waals surface area (Å²) in [5.41, 5.74) is 6.31. The Morgan fingerprint density at radius 1 is 1.17 bits per heavy atom. The first-order valence-electron chi connectivity index (χ1n) is 5.19. The Morgan fingerprint density at radius 3 is 2.56 bits per heavy atom. The van der Waals surface area contributed by atoms with Crippen LogP contribution in [0.4, 0.5) is 15.8 Å². The van der Waals surface area contributed by atoms with E-state index in [1.807, 2.05) is 0 Å². The molecule has 0 aliphatic rings. The summed E-state index contributed by atoms with van der Waals surface area (Å²) in [6, 6.07) is 10.8. The molecule has 0 bridgehead atoms. The van der Waals surface area contributed by atoms with Gasteiger partial charge in [0.05, 0.1) is 22.0 Å². The number of nitrogens with one attached hydrogen (secondary N) is 1. The molecule has 5 heteroatoms. The van der Waals surface area contributed by atoms with Crippen LogP contribution in [0.2, 0.25) is 5.02 Å². The lowest BCUT2D eigenvalue weighted by Gasteiger charge is -2.09. The van der Waals surface area contributed by atoms with Gasteiger partial charge in [-0.25, -0.2) is 4.39 Å². The van der Waals surface area contributed by atoms with Crippen LogP contribution in [0.25, 0.3) is 0 Å². The first-order chi connectivity index (χ1) is 8.59. The van der Waals surface area contributed by atoms with E-state index in [4.69, 9.17) is 17.3 Å². The van der Waals surface area contributed by atoms with E-state index >= 15 is 0 Å². The van der Waals surface area contributed by atoms with Crippen molar-refractivity contribution in [2.75, 3.05) is 11.1 Å². The first kappa shape index (κ1) is 12.4. The van der Waals surface area contributed by atoms with E-state index in [9.17, 15) is 9.18 Å². The Morgan fingerprint density at radius 2 is 1.89 bits per heavy atom.